The van der Waals surface area contributed by atoms with Gasteiger partial charge in [0.05, 0.1) is 6.61 Å². The third-order valence-corrected chi connectivity index (χ3v) is 3.77. The first-order chi connectivity index (χ1) is 10.2. The molecule has 1 atom stereocenters. The Bertz CT molecular complexity index is 450. The zero-order chi connectivity index (χ0) is 15.1. The molecule has 22 heavy (non-hydrogen) atoms. The second-order valence-electron chi connectivity index (χ2n) is 5.69. The van der Waals surface area contributed by atoms with Gasteiger partial charge in [0.15, 0.2) is 0 Å². The molecule has 1 N–H and O–H groups in total. The molecule has 1 amide bonds. The number of nitrogens with one attached hydrogen (secondary N) is 1. The molecule has 4 nitrogen and oxygen atoms in total. The van der Waals surface area contributed by atoms with Gasteiger partial charge in [-0.05, 0) is 37.6 Å². The van der Waals surface area contributed by atoms with E-state index in [-0.39, 0.29) is 18.3 Å². The minimum Gasteiger partial charge on any atom is -0.494 e. The molecule has 0 aliphatic carbocycles. The molecule has 1 fully saturated rings. The van der Waals surface area contributed by atoms with Gasteiger partial charge in [-0.1, -0.05) is 19.8 Å². The SMILES string of the molecule is CCCCCOc1ccc(C(=O)N2CCNC(C)C2)cc1.Cl. The lowest BCUT2D eigenvalue weighted by Gasteiger charge is -2.32. The third-order valence-electron chi connectivity index (χ3n) is 3.77. The summed E-state index contributed by atoms with van der Waals surface area (Å²) in [6, 6.07) is 7.88. The van der Waals surface area contributed by atoms with Crippen molar-refractivity contribution in [2.24, 2.45) is 0 Å². The van der Waals surface area contributed by atoms with Crippen molar-refractivity contribution in [2.75, 3.05) is 26.2 Å². The van der Waals surface area contributed by atoms with Crippen molar-refractivity contribution in [1.82, 2.24) is 10.2 Å². The smallest absolute Gasteiger partial charge is 0.253 e. The van der Waals surface area contributed by atoms with Crippen LogP contribution in [0.15, 0.2) is 24.3 Å². The summed E-state index contributed by atoms with van der Waals surface area (Å²) < 4.78 is 5.67. The van der Waals surface area contributed by atoms with Crippen molar-refractivity contribution in [3.05, 3.63) is 29.8 Å². The van der Waals surface area contributed by atoms with Crippen molar-refractivity contribution in [3.8, 4) is 5.75 Å². The molecule has 1 aromatic rings. The molecule has 1 aliphatic heterocycles. The highest BCUT2D eigenvalue weighted by atomic mass is 35.5. The maximum atomic E-state index is 12.4. The van der Waals surface area contributed by atoms with E-state index in [1.165, 1.54) is 12.8 Å². The van der Waals surface area contributed by atoms with E-state index < -0.39 is 0 Å². The molecule has 1 aliphatic rings. The minimum atomic E-state index is 0. The molecule has 0 radical (unpaired) electrons. The Balaban J connectivity index is 0.00000242. The van der Waals surface area contributed by atoms with E-state index >= 15 is 0 Å². The molecule has 1 unspecified atom stereocenters. The predicted molar refractivity (Wildman–Crippen MR) is 92.1 cm³/mol. The molecular formula is C17H27ClN2O2. The Hall–Kier alpha value is -1.26. The van der Waals surface area contributed by atoms with Gasteiger partial charge >= 0.3 is 0 Å². The van der Waals surface area contributed by atoms with Crippen LogP contribution in [0.3, 0.4) is 0 Å². The normalized spacial score (nSPS) is 17.7. The van der Waals surface area contributed by atoms with Crippen LogP contribution in [0.5, 0.6) is 5.75 Å². The fourth-order valence-corrected chi connectivity index (χ4v) is 2.54. The van der Waals surface area contributed by atoms with E-state index in [0.29, 0.717) is 6.04 Å². The highest BCUT2D eigenvalue weighted by Crippen LogP contribution is 2.15. The number of benzene rings is 1. The van der Waals surface area contributed by atoms with Crippen molar-refractivity contribution >= 4 is 18.3 Å². The molecule has 0 saturated carbocycles. The fraction of sp³-hybridized carbons (Fsp3) is 0.588. The Morgan fingerprint density at radius 2 is 2.05 bits per heavy atom. The highest BCUT2D eigenvalue weighted by Gasteiger charge is 2.21. The van der Waals surface area contributed by atoms with E-state index in [0.717, 1.165) is 44.0 Å². The number of carbonyl (C=O) groups excluding carboxylic acids is 1. The number of rotatable bonds is 6. The van der Waals surface area contributed by atoms with Gasteiger partial charge in [-0.3, -0.25) is 4.79 Å². The van der Waals surface area contributed by atoms with Crippen LogP contribution in [0.2, 0.25) is 0 Å². The van der Waals surface area contributed by atoms with E-state index in [1.807, 2.05) is 29.2 Å². The van der Waals surface area contributed by atoms with Crippen LogP contribution in [-0.4, -0.2) is 43.1 Å². The Morgan fingerprint density at radius 3 is 2.68 bits per heavy atom. The lowest BCUT2D eigenvalue weighted by Crippen LogP contribution is -2.51. The van der Waals surface area contributed by atoms with E-state index in [1.54, 1.807) is 0 Å². The molecular weight excluding hydrogens is 300 g/mol. The zero-order valence-corrected chi connectivity index (χ0v) is 14.3. The molecule has 0 bridgehead atoms. The predicted octanol–water partition coefficient (Wildman–Crippen LogP) is 3.11. The van der Waals surface area contributed by atoms with Crippen molar-refractivity contribution in [3.63, 3.8) is 0 Å². The number of halogens is 1. The molecule has 5 heteroatoms. The van der Waals surface area contributed by atoms with Crippen LogP contribution < -0.4 is 10.1 Å². The van der Waals surface area contributed by atoms with E-state index in [4.69, 9.17) is 4.74 Å². The molecule has 2 rings (SSSR count). The third kappa shape index (κ3) is 5.50. The summed E-state index contributed by atoms with van der Waals surface area (Å²) in [5, 5.41) is 3.35. The number of carbonyl (C=O) groups is 1. The van der Waals surface area contributed by atoms with Gasteiger partial charge in [0.1, 0.15) is 5.75 Å². The largest absolute Gasteiger partial charge is 0.494 e. The number of ether oxygens (including phenoxy) is 1. The topological polar surface area (TPSA) is 41.6 Å². The van der Waals surface area contributed by atoms with Crippen LogP contribution in [0, 0.1) is 0 Å². The number of hydrogen-bond donors (Lipinski definition) is 1. The number of nitrogens with zero attached hydrogens (tertiary/aromatic N) is 1. The molecule has 1 heterocycles. The Morgan fingerprint density at radius 1 is 1.32 bits per heavy atom. The summed E-state index contributed by atoms with van der Waals surface area (Å²) in [7, 11) is 0. The molecule has 1 aromatic carbocycles. The minimum absolute atomic E-state index is 0. The molecule has 0 spiro atoms. The summed E-state index contributed by atoms with van der Waals surface area (Å²) >= 11 is 0. The average molecular weight is 327 g/mol. The number of amides is 1. The highest BCUT2D eigenvalue weighted by molar-refractivity contribution is 5.94. The van der Waals surface area contributed by atoms with E-state index in [2.05, 4.69) is 19.2 Å². The van der Waals surface area contributed by atoms with Crippen LogP contribution in [-0.2, 0) is 0 Å². The zero-order valence-electron chi connectivity index (χ0n) is 13.5. The molecule has 124 valence electrons. The van der Waals surface area contributed by atoms with Gasteiger partial charge in [0.25, 0.3) is 5.91 Å². The number of hydrogen-bond acceptors (Lipinski definition) is 3. The maximum absolute atomic E-state index is 12.4. The first-order valence-electron chi connectivity index (χ1n) is 7.96. The van der Waals surface area contributed by atoms with Crippen LogP contribution in [0.4, 0.5) is 0 Å². The van der Waals surface area contributed by atoms with Crippen LogP contribution >= 0.6 is 12.4 Å². The van der Waals surface area contributed by atoms with Crippen molar-refractivity contribution in [2.45, 2.75) is 39.2 Å². The summed E-state index contributed by atoms with van der Waals surface area (Å²) in [6.07, 6.45) is 3.47. The first-order valence-corrected chi connectivity index (χ1v) is 7.96. The van der Waals surface area contributed by atoms with Crippen molar-refractivity contribution < 1.29 is 9.53 Å². The monoisotopic (exact) mass is 326 g/mol. The standard InChI is InChI=1S/C17H26N2O2.ClH/c1-3-4-5-12-21-16-8-6-15(7-9-16)17(20)19-11-10-18-14(2)13-19;/h6-9,14,18H,3-5,10-13H2,1-2H3;1H. The molecule has 1 saturated heterocycles. The van der Waals surface area contributed by atoms with Gasteiger partial charge in [0, 0.05) is 31.2 Å². The second kappa shape index (κ2) is 9.70. The Kier molecular flexibility index (Phi) is 8.28. The van der Waals surface area contributed by atoms with Crippen LogP contribution in [0.25, 0.3) is 0 Å². The Labute approximate surface area is 139 Å². The van der Waals surface area contributed by atoms with Crippen molar-refractivity contribution in [1.29, 1.82) is 0 Å². The number of unbranched alkanes of at least 4 members (excludes halogenated alkanes) is 2. The summed E-state index contributed by atoms with van der Waals surface area (Å²) in [4.78, 5) is 14.3. The van der Waals surface area contributed by atoms with Gasteiger partial charge in [-0.15, -0.1) is 12.4 Å². The second-order valence-corrected chi connectivity index (χ2v) is 5.69. The number of piperazine rings is 1. The van der Waals surface area contributed by atoms with Crippen LogP contribution in [0.1, 0.15) is 43.5 Å². The van der Waals surface area contributed by atoms with Gasteiger partial charge in [0.2, 0.25) is 0 Å². The quantitative estimate of drug-likeness (QED) is 0.817. The lowest BCUT2D eigenvalue weighted by molar-refractivity contribution is 0.0709. The summed E-state index contributed by atoms with van der Waals surface area (Å²) in [6.45, 7) is 7.44. The fourth-order valence-electron chi connectivity index (χ4n) is 2.54. The van der Waals surface area contributed by atoms with E-state index in [9.17, 15) is 4.79 Å². The maximum Gasteiger partial charge on any atom is 0.253 e. The van der Waals surface area contributed by atoms with Gasteiger partial charge < -0.3 is 15.0 Å². The van der Waals surface area contributed by atoms with Gasteiger partial charge in [-0.25, -0.2) is 0 Å². The van der Waals surface area contributed by atoms with Gasteiger partial charge in [-0.2, -0.15) is 0 Å². The lowest BCUT2D eigenvalue weighted by atomic mass is 10.1. The first kappa shape index (κ1) is 18.8. The summed E-state index contributed by atoms with van der Waals surface area (Å²) in [5.41, 5.74) is 0.741. The average Bonchev–Trinajstić information content (AvgIpc) is 2.51. The summed E-state index contributed by atoms with van der Waals surface area (Å²) in [5.74, 6) is 0.956. The molecule has 0 aromatic heterocycles.